The summed E-state index contributed by atoms with van der Waals surface area (Å²) in [4.78, 5) is 20.2. The lowest BCUT2D eigenvalue weighted by Gasteiger charge is -2.01. The van der Waals surface area contributed by atoms with E-state index in [1.54, 1.807) is 0 Å². The molecule has 1 heterocycles. The van der Waals surface area contributed by atoms with E-state index < -0.39 is 4.92 Å². The van der Waals surface area contributed by atoms with Crippen LogP contribution in [0.25, 0.3) is 0 Å². The number of hydrogen-bond donors (Lipinski definition) is 0. The van der Waals surface area contributed by atoms with Gasteiger partial charge < -0.3 is 0 Å². The first-order valence-electron chi connectivity index (χ1n) is 4.75. The Morgan fingerprint density at radius 2 is 2.07 bits per heavy atom. The summed E-state index contributed by atoms with van der Waals surface area (Å²) in [6.07, 6.45) is 1.64. The standard InChI is InChI=1S/C7H9N3O3.C2H6/c1-5(2)9-3-7(10(12)13)6(4-11)8-9;1-2/h3-5H,1-2H3;1-2H3. The number of nitro groups is 1. The highest BCUT2D eigenvalue weighted by atomic mass is 16.6. The van der Waals surface area contributed by atoms with Gasteiger partial charge in [0, 0.05) is 6.04 Å². The minimum atomic E-state index is -0.615. The lowest BCUT2D eigenvalue weighted by atomic mass is 10.4. The Bertz CT molecular complexity index is 344. The van der Waals surface area contributed by atoms with E-state index in [1.165, 1.54) is 10.9 Å². The van der Waals surface area contributed by atoms with Crippen LogP contribution >= 0.6 is 0 Å². The van der Waals surface area contributed by atoms with E-state index in [4.69, 9.17) is 0 Å². The molecule has 0 saturated carbocycles. The molecule has 6 nitrogen and oxygen atoms in total. The summed E-state index contributed by atoms with van der Waals surface area (Å²) in [5.41, 5.74) is -0.373. The van der Waals surface area contributed by atoms with Gasteiger partial charge in [-0.25, -0.2) is 0 Å². The van der Waals surface area contributed by atoms with Crippen molar-refractivity contribution >= 4 is 12.0 Å². The van der Waals surface area contributed by atoms with Crippen LogP contribution in [0, 0.1) is 10.1 Å². The maximum Gasteiger partial charge on any atom is 0.317 e. The maximum absolute atomic E-state index is 10.4. The third kappa shape index (κ3) is 3.16. The zero-order valence-corrected chi connectivity index (χ0v) is 9.30. The molecule has 6 heteroatoms. The second kappa shape index (κ2) is 5.90. The molecule has 0 saturated heterocycles. The van der Waals surface area contributed by atoms with Gasteiger partial charge in [0.25, 0.3) is 0 Å². The molecule has 0 fully saturated rings. The highest BCUT2D eigenvalue weighted by Crippen LogP contribution is 2.16. The Balaban J connectivity index is 0.000000921. The second-order valence-electron chi connectivity index (χ2n) is 2.85. The van der Waals surface area contributed by atoms with Gasteiger partial charge in [-0.1, -0.05) is 13.8 Å². The molecule has 0 aliphatic rings. The molecule has 1 rings (SSSR count). The summed E-state index contributed by atoms with van der Waals surface area (Å²) < 4.78 is 1.39. The van der Waals surface area contributed by atoms with E-state index in [9.17, 15) is 14.9 Å². The third-order valence-corrected chi connectivity index (χ3v) is 1.58. The van der Waals surface area contributed by atoms with Crippen molar-refractivity contribution in [3.8, 4) is 0 Å². The van der Waals surface area contributed by atoms with E-state index in [0.29, 0.717) is 6.29 Å². The smallest absolute Gasteiger partial charge is 0.296 e. The number of carbonyl (C=O) groups is 1. The Morgan fingerprint density at radius 3 is 2.33 bits per heavy atom. The molecule has 84 valence electrons. The van der Waals surface area contributed by atoms with Gasteiger partial charge >= 0.3 is 5.69 Å². The maximum atomic E-state index is 10.4. The van der Waals surface area contributed by atoms with Crippen molar-refractivity contribution in [2.45, 2.75) is 33.7 Å². The summed E-state index contributed by atoms with van der Waals surface area (Å²) in [6, 6.07) is 0.00685. The van der Waals surface area contributed by atoms with Crippen molar-refractivity contribution in [1.29, 1.82) is 0 Å². The van der Waals surface area contributed by atoms with Crippen molar-refractivity contribution in [3.63, 3.8) is 0 Å². The Labute approximate surface area is 88.0 Å². The summed E-state index contributed by atoms with van der Waals surface area (Å²) >= 11 is 0. The Hall–Kier alpha value is -1.72. The first-order chi connectivity index (χ1) is 7.06. The summed E-state index contributed by atoms with van der Waals surface area (Å²) in [6.45, 7) is 7.65. The molecule has 0 bridgehead atoms. The molecule has 1 aromatic heterocycles. The van der Waals surface area contributed by atoms with Crippen molar-refractivity contribution in [2.24, 2.45) is 0 Å². The average molecular weight is 213 g/mol. The van der Waals surface area contributed by atoms with Gasteiger partial charge in [0.15, 0.2) is 6.29 Å². The minimum Gasteiger partial charge on any atom is -0.296 e. The number of rotatable bonds is 3. The molecule has 0 aromatic carbocycles. The normalized spacial score (nSPS) is 9.40. The van der Waals surface area contributed by atoms with Crippen LogP contribution in [0.3, 0.4) is 0 Å². The highest BCUT2D eigenvalue weighted by molar-refractivity contribution is 5.77. The van der Waals surface area contributed by atoms with Crippen LogP contribution in [-0.4, -0.2) is 21.0 Å². The van der Waals surface area contributed by atoms with Crippen molar-refractivity contribution in [1.82, 2.24) is 9.78 Å². The predicted octanol–water partition coefficient (Wildman–Crippen LogP) is 2.21. The van der Waals surface area contributed by atoms with Gasteiger partial charge in [-0.15, -0.1) is 0 Å². The lowest BCUT2D eigenvalue weighted by Crippen LogP contribution is -2.01. The molecule has 0 aliphatic heterocycles. The Kier molecular flexibility index (Phi) is 5.22. The topological polar surface area (TPSA) is 78.0 Å². The molecule has 0 N–H and O–H groups in total. The van der Waals surface area contributed by atoms with Crippen LogP contribution in [0.5, 0.6) is 0 Å². The van der Waals surface area contributed by atoms with Gasteiger partial charge in [0.1, 0.15) is 6.20 Å². The fourth-order valence-corrected chi connectivity index (χ4v) is 0.885. The molecule has 0 spiro atoms. The SMILES string of the molecule is CC.CC(C)n1cc([N+](=O)[O-])c(C=O)n1. The van der Waals surface area contributed by atoms with E-state index in [2.05, 4.69) is 5.10 Å². The Morgan fingerprint density at radius 1 is 1.53 bits per heavy atom. The number of hydrogen-bond acceptors (Lipinski definition) is 4. The molecule has 0 unspecified atom stereocenters. The van der Waals surface area contributed by atoms with E-state index in [-0.39, 0.29) is 17.4 Å². The molecular formula is C9H15N3O3. The van der Waals surface area contributed by atoms with Crippen molar-refractivity contribution in [3.05, 3.63) is 22.0 Å². The monoisotopic (exact) mass is 213 g/mol. The zero-order valence-electron chi connectivity index (χ0n) is 9.30. The predicted molar refractivity (Wildman–Crippen MR) is 56.0 cm³/mol. The van der Waals surface area contributed by atoms with Gasteiger partial charge in [-0.05, 0) is 13.8 Å². The fraction of sp³-hybridized carbons (Fsp3) is 0.556. The number of aromatic nitrogens is 2. The van der Waals surface area contributed by atoms with Gasteiger partial charge in [0.2, 0.25) is 5.69 Å². The van der Waals surface area contributed by atoms with Crippen LogP contribution in [0.15, 0.2) is 6.20 Å². The molecule has 0 atom stereocenters. The van der Waals surface area contributed by atoms with Gasteiger partial charge in [-0.3, -0.25) is 19.6 Å². The van der Waals surface area contributed by atoms with Gasteiger partial charge in [0.05, 0.1) is 4.92 Å². The van der Waals surface area contributed by atoms with E-state index >= 15 is 0 Å². The average Bonchev–Trinajstić information content (AvgIpc) is 2.64. The first kappa shape index (κ1) is 13.3. The van der Waals surface area contributed by atoms with E-state index in [1.807, 2.05) is 27.7 Å². The van der Waals surface area contributed by atoms with Crippen LogP contribution in [-0.2, 0) is 0 Å². The largest absolute Gasteiger partial charge is 0.317 e. The fourth-order valence-electron chi connectivity index (χ4n) is 0.885. The van der Waals surface area contributed by atoms with Crippen molar-refractivity contribution in [2.75, 3.05) is 0 Å². The molecule has 0 amide bonds. The van der Waals surface area contributed by atoms with Crippen LogP contribution in [0.4, 0.5) is 5.69 Å². The van der Waals surface area contributed by atoms with E-state index in [0.717, 1.165) is 0 Å². The zero-order chi connectivity index (χ0) is 12.0. The quantitative estimate of drug-likeness (QED) is 0.438. The second-order valence-corrected chi connectivity index (χ2v) is 2.85. The lowest BCUT2D eigenvalue weighted by molar-refractivity contribution is -0.385. The van der Waals surface area contributed by atoms with Crippen LogP contribution in [0.1, 0.15) is 44.2 Å². The van der Waals surface area contributed by atoms with Crippen LogP contribution in [0.2, 0.25) is 0 Å². The minimum absolute atomic E-state index is 0.00685. The number of nitrogens with zero attached hydrogens (tertiary/aromatic N) is 3. The summed E-state index contributed by atoms with van der Waals surface area (Å²) in [5, 5.41) is 14.2. The summed E-state index contributed by atoms with van der Waals surface area (Å²) in [7, 11) is 0. The number of aldehydes is 1. The molecule has 15 heavy (non-hydrogen) atoms. The van der Waals surface area contributed by atoms with Crippen LogP contribution < -0.4 is 0 Å². The molecule has 0 aliphatic carbocycles. The highest BCUT2D eigenvalue weighted by Gasteiger charge is 2.19. The molecule has 1 aromatic rings. The van der Waals surface area contributed by atoms with Crippen molar-refractivity contribution < 1.29 is 9.72 Å². The third-order valence-electron chi connectivity index (χ3n) is 1.58. The number of carbonyl (C=O) groups excluding carboxylic acids is 1. The van der Waals surface area contributed by atoms with Gasteiger partial charge in [-0.2, -0.15) is 5.10 Å². The summed E-state index contributed by atoms with van der Waals surface area (Å²) in [5.74, 6) is 0. The molecular weight excluding hydrogens is 198 g/mol. The first-order valence-corrected chi connectivity index (χ1v) is 4.75. The molecule has 0 radical (unpaired) electrons.